The Labute approximate surface area is 75.2 Å². The fraction of sp³-hybridized carbons (Fsp3) is 1.00. The monoisotopic (exact) mass is 253 g/mol. The molecule has 0 fully saturated rings. The second-order valence-electron chi connectivity index (χ2n) is 1.92. The Morgan fingerprint density at radius 2 is 2.33 bits per heavy atom. The number of rotatable bonds is 5. The zero-order chi connectivity index (χ0) is 7.11. The molecule has 0 saturated carbocycles. The summed E-state index contributed by atoms with van der Waals surface area (Å²) in [6.45, 7) is 3.08. The van der Waals surface area contributed by atoms with Crippen molar-refractivity contribution < 1.29 is 0 Å². The molecule has 0 aromatic heterocycles. The van der Waals surface area contributed by atoms with Gasteiger partial charge in [0.05, 0.1) is 0 Å². The summed E-state index contributed by atoms with van der Waals surface area (Å²) in [5.41, 5.74) is 5.38. The molecule has 1 unspecified atom stereocenters. The van der Waals surface area contributed by atoms with Gasteiger partial charge in [-0.3, -0.25) is 0 Å². The van der Waals surface area contributed by atoms with E-state index >= 15 is 0 Å². The van der Waals surface area contributed by atoms with Crippen molar-refractivity contribution in [3.8, 4) is 0 Å². The van der Waals surface area contributed by atoms with E-state index in [1.165, 1.54) is 41.1 Å². The van der Waals surface area contributed by atoms with Crippen LogP contribution in [-0.4, -0.2) is 38.1 Å². The van der Waals surface area contributed by atoms with Crippen molar-refractivity contribution in [2.75, 3.05) is 12.3 Å². The SMILES string of the molecule is CCS[CH]([SnH])CCCN. The molecular formula is C6H15NSSn. The molecule has 9 heavy (non-hydrogen) atoms. The fourth-order valence-corrected chi connectivity index (χ4v) is 3.70. The van der Waals surface area contributed by atoms with E-state index in [2.05, 4.69) is 18.7 Å². The average Bonchev–Trinajstić information content (AvgIpc) is 1.85. The van der Waals surface area contributed by atoms with E-state index in [4.69, 9.17) is 5.73 Å². The van der Waals surface area contributed by atoms with E-state index in [1.807, 2.05) is 0 Å². The van der Waals surface area contributed by atoms with Crippen LogP contribution in [0.15, 0.2) is 0 Å². The molecule has 54 valence electrons. The molecule has 0 aromatic rings. The zero-order valence-corrected chi connectivity index (χ0v) is 10.1. The van der Waals surface area contributed by atoms with Gasteiger partial charge in [0.2, 0.25) is 0 Å². The Morgan fingerprint density at radius 3 is 2.78 bits per heavy atom. The maximum absolute atomic E-state index is 5.38. The van der Waals surface area contributed by atoms with Crippen LogP contribution in [0.3, 0.4) is 0 Å². The summed E-state index contributed by atoms with van der Waals surface area (Å²) in [4.78, 5) is 0. The van der Waals surface area contributed by atoms with Gasteiger partial charge >= 0.3 is 75.3 Å². The predicted molar refractivity (Wildman–Crippen MR) is 47.4 cm³/mol. The normalized spacial score (nSPS) is 13.7. The van der Waals surface area contributed by atoms with Crippen LogP contribution in [-0.2, 0) is 0 Å². The molecule has 3 heteroatoms. The molecule has 0 rings (SSSR count). The molecule has 0 aliphatic rings. The molecule has 0 aliphatic carbocycles. The van der Waals surface area contributed by atoms with Gasteiger partial charge in [0.25, 0.3) is 0 Å². The quantitative estimate of drug-likeness (QED) is 0.729. The Morgan fingerprint density at radius 1 is 1.67 bits per heavy atom. The fourth-order valence-electron chi connectivity index (χ4n) is 0.616. The van der Waals surface area contributed by atoms with Crippen LogP contribution < -0.4 is 5.73 Å². The Hall–Kier alpha value is 1.11. The Balaban J connectivity index is 2.95. The van der Waals surface area contributed by atoms with E-state index in [0.717, 1.165) is 9.81 Å². The molecule has 0 spiro atoms. The van der Waals surface area contributed by atoms with E-state index in [0.29, 0.717) is 0 Å². The number of thioether (sulfide) groups is 1. The third kappa shape index (κ3) is 7.00. The summed E-state index contributed by atoms with van der Waals surface area (Å²) < 4.78 is 0.934. The van der Waals surface area contributed by atoms with Crippen molar-refractivity contribution in [3.05, 3.63) is 0 Å². The van der Waals surface area contributed by atoms with E-state index in [-0.39, 0.29) is 0 Å². The zero-order valence-electron chi connectivity index (χ0n) is 5.97. The van der Waals surface area contributed by atoms with Gasteiger partial charge in [-0.15, -0.1) is 0 Å². The second-order valence-corrected chi connectivity index (χ2v) is 7.12. The van der Waals surface area contributed by atoms with Gasteiger partial charge in [0.15, 0.2) is 0 Å². The molecule has 0 aromatic carbocycles. The van der Waals surface area contributed by atoms with Gasteiger partial charge < -0.3 is 0 Å². The number of nitrogens with two attached hydrogens (primary N) is 1. The standard InChI is InChI=1S/C6H14NS.Sn.H/c1-2-8-6-4-3-5-7;;/h6H,2-5,7H2,1H3;;. The van der Waals surface area contributed by atoms with Gasteiger partial charge in [-0.25, -0.2) is 0 Å². The number of hydrogen-bond acceptors (Lipinski definition) is 2. The average molecular weight is 252 g/mol. The minimum atomic E-state index is 0.863. The van der Waals surface area contributed by atoms with Crippen molar-refractivity contribution in [1.82, 2.24) is 0 Å². The van der Waals surface area contributed by atoms with Crippen molar-refractivity contribution in [3.63, 3.8) is 0 Å². The first-order valence-electron chi connectivity index (χ1n) is 3.38. The van der Waals surface area contributed by atoms with Crippen LogP contribution >= 0.6 is 11.8 Å². The Kier molecular flexibility index (Phi) is 8.11. The van der Waals surface area contributed by atoms with Gasteiger partial charge in [-0.1, -0.05) is 0 Å². The predicted octanol–water partition coefficient (Wildman–Crippen LogP) is 0.705. The molecular weight excluding hydrogens is 237 g/mol. The van der Waals surface area contributed by atoms with Crippen molar-refractivity contribution in [1.29, 1.82) is 0 Å². The topological polar surface area (TPSA) is 26.0 Å². The van der Waals surface area contributed by atoms with Crippen LogP contribution in [0.2, 0.25) is 0 Å². The molecule has 2 radical (unpaired) electrons. The second kappa shape index (κ2) is 7.22. The van der Waals surface area contributed by atoms with E-state index in [1.54, 1.807) is 0 Å². The summed E-state index contributed by atoms with van der Waals surface area (Å²) in [5.74, 6) is 1.26. The summed E-state index contributed by atoms with van der Waals surface area (Å²) in [6, 6.07) is 0. The summed E-state index contributed by atoms with van der Waals surface area (Å²) in [6.07, 6.45) is 2.54. The Bertz CT molecular complexity index is 61.0. The van der Waals surface area contributed by atoms with Gasteiger partial charge in [-0.05, 0) is 0 Å². The van der Waals surface area contributed by atoms with E-state index in [9.17, 15) is 0 Å². The van der Waals surface area contributed by atoms with Gasteiger partial charge in [-0.2, -0.15) is 0 Å². The molecule has 0 aliphatic heterocycles. The van der Waals surface area contributed by atoms with Crippen LogP contribution in [0, 0.1) is 0 Å². The molecule has 0 bridgehead atoms. The van der Waals surface area contributed by atoms with Gasteiger partial charge in [0.1, 0.15) is 0 Å². The molecule has 0 heterocycles. The third-order valence-corrected chi connectivity index (χ3v) is 4.67. The van der Waals surface area contributed by atoms with Crippen molar-refractivity contribution in [2.24, 2.45) is 5.73 Å². The molecule has 2 N–H and O–H groups in total. The molecule has 1 atom stereocenters. The van der Waals surface area contributed by atoms with Crippen molar-refractivity contribution >= 4 is 34.3 Å². The number of hydrogen-bond donors (Lipinski definition) is 1. The maximum atomic E-state index is 5.38. The van der Waals surface area contributed by atoms with Crippen LogP contribution in [0.4, 0.5) is 0 Å². The summed E-state index contributed by atoms with van der Waals surface area (Å²) >= 11 is 3.45. The van der Waals surface area contributed by atoms with Crippen LogP contribution in [0.1, 0.15) is 19.8 Å². The van der Waals surface area contributed by atoms with Crippen LogP contribution in [0.5, 0.6) is 0 Å². The first kappa shape index (κ1) is 10.1. The molecule has 1 nitrogen and oxygen atoms in total. The molecule has 0 amide bonds. The van der Waals surface area contributed by atoms with Crippen LogP contribution in [0.25, 0.3) is 0 Å². The third-order valence-electron chi connectivity index (χ3n) is 1.07. The summed E-state index contributed by atoms with van der Waals surface area (Å²) in [7, 11) is 0. The van der Waals surface area contributed by atoms with Gasteiger partial charge in [0, 0.05) is 0 Å². The van der Waals surface area contributed by atoms with Crippen molar-refractivity contribution in [2.45, 2.75) is 23.0 Å². The first-order chi connectivity index (χ1) is 4.31. The first-order valence-corrected chi connectivity index (χ1v) is 6.33. The molecule has 0 saturated heterocycles. The minimum absolute atomic E-state index is 0.863. The van der Waals surface area contributed by atoms with E-state index < -0.39 is 0 Å². The summed E-state index contributed by atoms with van der Waals surface area (Å²) in [5, 5.41) is 0.